The van der Waals surface area contributed by atoms with Crippen molar-refractivity contribution in [1.29, 1.82) is 0 Å². The zero-order valence-corrected chi connectivity index (χ0v) is 10.9. The number of ether oxygens (including phenoxy) is 1. The summed E-state index contributed by atoms with van der Waals surface area (Å²) in [5.74, 6) is 0.0935. The van der Waals surface area contributed by atoms with Crippen molar-refractivity contribution in [1.82, 2.24) is 5.32 Å². The number of aliphatic carboxylic acids is 1. The first-order valence-electron chi connectivity index (χ1n) is 5.87. The normalized spacial score (nSPS) is 21.7. The van der Waals surface area contributed by atoms with Gasteiger partial charge in [0.1, 0.15) is 5.75 Å². The van der Waals surface area contributed by atoms with Gasteiger partial charge in [-0.05, 0) is 36.6 Å². The number of rotatable bonds is 6. The van der Waals surface area contributed by atoms with E-state index in [9.17, 15) is 4.79 Å². The van der Waals surface area contributed by atoms with Crippen molar-refractivity contribution < 1.29 is 14.6 Å². The first-order chi connectivity index (χ1) is 8.61. The molecule has 0 saturated heterocycles. The monoisotopic (exact) mass is 269 g/mol. The zero-order valence-electron chi connectivity index (χ0n) is 10.1. The molecule has 0 aliphatic heterocycles. The minimum absolute atomic E-state index is 0.156. The number of carboxylic acids is 1. The molecule has 0 aromatic heterocycles. The van der Waals surface area contributed by atoms with Crippen molar-refractivity contribution in [3.05, 3.63) is 28.8 Å². The Morgan fingerprint density at radius 1 is 1.61 bits per heavy atom. The van der Waals surface area contributed by atoms with E-state index in [1.807, 2.05) is 18.2 Å². The van der Waals surface area contributed by atoms with Crippen molar-refractivity contribution in [2.24, 2.45) is 11.8 Å². The molecular weight excluding hydrogens is 254 g/mol. The molecule has 1 aromatic carbocycles. The van der Waals surface area contributed by atoms with Crippen LogP contribution in [-0.4, -0.2) is 24.7 Å². The number of nitrogens with one attached hydrogen (secondary N) is 1. The molecule has 1 fully saturated rings. The Morgan fingerprint density at radius 2 is 2.39 bits per heavy atom. The second-order valence-electron chi connectivity index (χ2n) is 4.54. The largest absolute Gasteiger partial charge is 0.495 e. The van der Waals surface area contributed by atoms with E-state index in [1.54, 1.807) is 7.11 Å². The Bertz CT molecular complexity index is 450. The molecule has 2 atom stereocenters. The Morgan fingerprint density at radius 3 is 2.94 bits per heavy atom. The summed E-state index contributed by atoms with van der Waals surface area (Å²) < 4.78 is 5.08. The fraction of sp³-hybridized carbons (Fsp3) is 0.462. The molecule has 1 saturated carbocycles. The van der Waals surface area contributed by atoms with Crippen molar-refractivity contribution >= 4 is 17.6 Å². The smallest absolute Gasteiger partial charge is 0.306 e. The zero-order chi connectivity index (χ0) is 13.1. The lowest BCUT2D eigenvalue weighted by molar-refractivity contribution is -0.138. The first-order valence-corrected chi connectivity index (χ1v) is 6.25. The van der Waals surface area contributed by atoms with Crippen LogP contribution in [0, 0.1) is 11.8 Å². The Labute approximate surface area is 111 Å². The van der Waals surface area contributed by atoms with Gasteiger partial charge in [-0.25, -0.2) is 0 Å². The number of hydrogen-bond donors (Lipinski definition) is 2. The van der Waals surface area contributed by atoms with Gasteiger partial charge in [-0.15, -0.1) is 0 Å². The Balaban J connectivity index is 1.77. The van der Waals surface area contributed by atoms with E-state index in [2.05, 4.69) is 5.32 Å². The molecule has 2 N–H and O–H groups in total. The van der Waals surface area contributed by atoms with Crippen LogP contribution in [0.2, 0.25) is 5.02 Å². The molecule has 5 heteroatoms. The summed E-state index contributed by atoms with van der Waals surface area (Å²) in [5, 5.41) is 12.6. The molecule has 1 aliphatic carbocycles. The van der Waals surface area contributed by atoms with E-state index in [1.165, 1.54) is 0 Å². The molecule has 1 aromatic rings. The molecule has 1 aliphatic rings. The topological polar surface area (TPSA) is 58.6 Å². The number of methoxy groups -OCH3 is 1. The van der Waals surface area contributed by atoms with E-state index in [4.69, 9.17) is 21.4 Å². The van der Waals surface area contributed by atoms with Crippen LogP contribution in [0.4, 0.5) is 0 Å². The van der Waals surface area contributed by atoms with Gasteiger partial charge in [0.15, 0.2) is 0 Å². The molecule has 0 amide bonds. The Hall–Kier alpha value is -1.26. The quantitative estimate of drug-likeness (QED) is 0.831. The summed E-state index contributed by atoms with van der Waals surface area (Å²) in [6, 6.07) is 5.63. The van der Waals surface area contributed by atoms with Crippen LogP contribution >= 0.6 is 11.6 Å². The summed E-state index contributed by atoms with van der Waals surface area (Å²) in [6.45, 7) is 1.42. The Kier molecular flexibility index (Phi) is 4.09. The average Bonchev–Trinajstić information content (AvgIpc) is 3.09. The molecule has 2 unspecified atom stereocenters. The lowest BCUT2D eigenvalue weighted by Gasteiger charge is -2.07. The predicted molar refractivity (Wildman–Crippen MR) is 68.9 cm³/mol. The highest BCUT2D eigenvalue weighted by molar-refractivity contribution is 6.32. The van der Waals surface area contributed by atoms with Crippen LogP contribution < -0.4 is 10.1 Å². The van der Waals surface area contributed by atoms with Crippen molar-refractivity contribution in [3.63, 3.8) is 0 Å². The molecule has 98 valence electrons. The van der Waals surface area contributed by atoms with Gasteiger partial charge in [0.05, 0.1) is 18.1 Å². The van der Waals surface area contributed by atoms with Crippen LogP contribution in [0.25, 0.3) is 0 Å². The van der Waals surface area contributed by atoms with Gasteiger partial charge >= 0.3 is 5.97 Å². The third-order valence-electron chi connectivity index (χ3n) is 3.19. The predicted octanol–water partition coefficient (Wildman–Crippen LogP) is 2.16. The second kappa shape index (κ2) is 5.59. The molecule has 0 spiro atoms. The van der Waals surface area contributed by atoms with Gasteiger partial charge in [0, 0.05) is 6.54 Å². The van der Waals surface area contributed by atoms with Gasteiger partial charge in [-0.3, -0.25) is 4.79 Å². The number of halogens is 1. The highest BCUT2D eigenvalue weighted by Crippen LogP contribution is 2.37. The highest BCUT2D eigenvalue weighted by atomic mass is 35.5. The third-order valence-corrected chi connectivity index (χ3v) is 3.49. The van der Waals surface area contributed by atoms with E-state index in [-0.39, 0.29) is 11.8 Å². The maximum Gasteiger partial charge on any atom is 0.306 e. The fourth-order valence-electron chi connectivity index (χ4n) is 2.00. The molecule has 0 heterocycles. The minimum Gasteiger partial charge on any atom is -0.495 e. The van der Waals surface area contributed by atoms with E-state index >= 15 is 0 Å². The molecule has 0 bridgehead atoms. The maximum atomic E-state index is 10.7. The number of carbonyl (C=O) groups is 1. The number of hydrogen-bond acceptors (Lipinski definition) is 3. The molecule has 18 heavy (non-hydrogen) atoms. The molecule has 2 rings (SSSR count). The van der Waals surface area contributed by atoms with E-state index in [0.717, 1.165) is 18.5 Å². The van der Waals surface area contributed by atoms with Gasteiger partial charge in [0.2, 0.25) is 0 Å². The molecule has 0 radical (unpaired) electrons. The van der Waals surface area contributed by atoms with E-state index < -0.39 is 5.97 Å². The van der Waals surface area contributed by atoms with Crippen molar-refractivity contribution in [2.45, 2.75) is 13.0 Å². The minimum atomic E-state index is -0.686. The third kappa shape index (κ3) is 3.15. The van der Waals surface area contributed by atoms with Gasteiger partial charge in [-0.1, -0.05) is 17.7 Å². The fourth-order valence-corrected chi connectivity index (χ4v) is 2.28. The summed E-state index contributed by atoms with van der Waals surface area (Å²) in [6.07, 6.45) is 0.783. The van der Waals surface area contributed by atoms with Crippen LogP contribution in [0.1, 0.15) is 12.0 Å². The van der Waals surface area contributed by atoms with Gasteiger partial charge < -0.3 is 15.2 Å². The van der Waals surface area contributed by atoms with Crippen LogP contribution in [0.5, 0.6) is 5.75 Å². The maximum absolute atomic E-state index is 10.7. The number of benzene rings is 1. The highest BCUT2D eigenvalue weighted by Gasteiger charge is 2.42. The second-order valence-corrected chi connectivity index (χ2v) is 4.95. The average molecular weight is 270 g/mol. The van der Waals surface area contributed by atoms with Crippen molar-refractivity contribution in [2.75, 3.05) is 13.7 Å². The molecular formula is C13H16ClNO3. The van der Waals surface area contributed by atoms with E-state index in [0.29, 0.717) is 17.3 Å². The number of carboxylic acid groups (broad SMARTS) is 1. The standard InChI is InChI=1S/C13H16ClNO3/c1-18-12-3-2-8(4-11(12)14)6-15-7-9-5-10(9)13(16)17/h2-4,9-10,15H,5-7H2,1H3,(H,16,17). The van der Waals surface area contributed by atoms with Gasteiger partial charge in [-0.2, -0.15) is 0 Å². The summed E-state index contributed by atoms with van der Waals surface area (Å²) in [4.78, 5) is 10.7. The molecule has 4 nitrogen and oxygen atoms in total. The van der Waals surface area contributed by atoms with Crippen LogP contribution in [-0.2, 0) is 11.3 Å². The lowest BCUT2D eigenvalue weighted by atomic mass is 10.2. The van der Waals surface area contributed by atoms with Gasteiger partial charge in [0.25, 0.3) is 0 Å². The summed E-state index contributed by atoms with van der Waals surface area (Å²) in [7, 11) is 1.58. The SMILES string of the molecule is COc1ccc(CNCC2CC2C(=O)O)cc1Cl. The summed E-state index contributed by atoms with van der Waals surface area (Å²) in [5.41, 5.74) is 1.06. The summed E-state index contributed by atoms with van der Waals surface area (Å²) >= 11 is 6.02. The van der Waals surface area contributed by atoms with Crippen LogP contribution in [0.3, 0.4) is 0 Å². The van der Waals surface area contributed by atoms with Crippen molar-refractivity contribution in [3.8, 4) is 5.75 Å². The lowest BCUT2D eigenvalue weighted by Crippen LogP contribution is -2.18. The van der Waals surface area contributed by atoms with Crippen LogP contribution in [0.15, 0.2) is 18.2 Å². The first kappa shape index (κ1) is 13.2.